The molecule has 0 aliphatic rings. The summed E-state index contributed by atoms with van der Waals surface area (Å²) in [6.45, 7) is 5.97. The summed E-state index contributed by atoms with van der Waals surface area (Å²) in [6, 6.07) is 0. The summed E-state index contributed by atoms with van der Waals surface area (Å²) in [5.74, 6) is 5.63. The number of rotatable bonds is 15. The summed E-state index contributed by atoms with van der Waals surface area (Å²) in [7, 11) is 0. The van der Waals surface area contributed by atoms with Crippen molar-refractivity contribution in [3.63, 3.8) is 0 Å². The fourth-order valence-electron chi connectivity index (χ4n) is 2.23. The lowest BCUT2D eigenvalue weighted by atomic mass is 10.1. The molecule has 19 heavy (non-hydrogen) atoms. The normalized spacial score (nSPS) is 11.4. The predicted octanol–water partition coefficient (Wildman–Crippen LogP) is 4.81. The first-order chi connectivity index (χ1) is 9.31. The zero-order valence-electron chi connectivity index (χ0n) is 13.3. The van der Waals surface area contributed by atoms with Gasteiger partial charge in [0.2, 0.25) is 0 Å². The molecule has 0 unspecified atom stereocenters. The molecule has 116 valence electrons. The van der Waals surface area contributed by atoms with Crippen LogP contribution >= 0.6 is 0 Å². The van der Waals surface area contributed by atoms with Gasteiger partial charge < -0.3 is 0 Å². The van der Waals surface area contributed by atoms with E-state index in [-0.39, 0.29) is 0 Å². The van der Waals surface area contributed by atoms with Crippen molar-refractivity contribution in [1.82, 2.24) is 5.17 Å². The molecule has 2 N–H and O–H groups in total. The van der Waals surface area contributed by atoms with E-state index < -0.39 is 0 Å². The number of nitrogens with zero attached hydrogens (tertiary/aromatic N) is 1. The second kappa shape index (κ2) is 15.9. The van der Waals surface area contributed by atoms with Gasteiger partial charge in [0.15, 0.2) is 0 Å². The molecule has 0 atom stereocenters. The Hall–Kier alpha value is -0.120. The molecule has 0 heterocycles. The summed E-state index contributed by atoms with van der Waals surface area (Å²) in [5, 5.41) is 1.47. The third-order valence-corrected chi connectivity index (χ3v) is 3.45. The molecule has 0 bridgehead atoms. The molecule has 0 amide bonds. The number of hydrogen-bond donors (Lipinski definition) is 1. The van der Waals surface area contributed by atoms with E-state index in [1.807, 2.05) is 0 Å². The molecule has 0 radical (unpaired) electrons. The van der Waals surface area contributed by atoms with Crippen LogP contribution in [0, 0.1) is 0 Å². The van der Waals surface area contributed by atoms with Crippen LogP contribution in [-0.2, 0) is 4.84 Å². The van der Waals surface area contributed by atoms with E-state index in [0.29, 0.717) is 0 Å². The van der Waals surface area contributed by atoms with Gasteiger partial charge in [-0.1, -0.05) is 78.1 Å². The Balaban J connectivity index is 2.99. The van der Waals surface area contributed by atoms with Crippen molar-refractivity contribution < 1.29 is 4.84 Å². The fraction of sp³-hybridized carbons (Fsp3) is 1.00. The lowest BCUT2D eigenvalue weighted by Crippen LogP contribution is -2.32. The quantitative estimate of drug-likeness (QED) is 0.264. The average molecular weight is 272 g/mol. The van der Waals surface area contributed by atoms with E-state index in [1.54, 1.807) is 0 Å². The van der Waals surface area contributed by atoms with Crippen molar-refractivity contribution >= 4 is 0 Å². The molecule has 0 aliphatic heterocycles. The van der Waals surface area contributed by atoms with E-state index >= 15 is 0 Å². The van der Waals surface area contributed by atoms with Crippen LogP contribution in [0.4, 0.5) is 0 Å². The minimum Gasteiger partial charge on any atom is -0.284 e. The summed E-state index contributed by atoms with van der Waals surface area (Å²) in [6.07, 6.45) is 16.1. The van der Waals surface area contributed by atoms with Crippen LogP contribution in [0.1, 0.15) is 90.9 Å². The first-order valence-corrected chi connectivity index (χ1v) is 8.46. The summed E-state index contributed by atoms with van der Waals surface area (Å²) in [5.41, 5.74) is 0. The molecular formula is C16H36N2O. The van der Waals surface area contributed by atoms with Gasteiger partial charge >= 0.3 is 0 Å². The van der Waals surface area contributed by atoms with Crippen LogP contribution in [0.2, 0.25) is 0 Å². The smallest absolute Gasteiger partial charge is 0.0701 e. The Bertz CT molecular complexity index is 165. The monoisotopic (exact) mass is 272 g/mol. The van der Waals surface area contributed by atoms with Crippen LogP contribution < -0.4 is 5.84 Å². The first-order valence-electron chi connectivity index (χ1n) is 8.46. The lowest BCUT2D eigenvalue weighted by molar-refractivity contribution is -0.162. The zero-order chi connectivity index (χ0) is 14.2. The number of hydroxylamine groups is 1. The van der Waals surface area contributed by atoms with Crippen molar-refractivity contribution in [1.29, 1.82) is 0 Å². The molecule has 0 spiro atoms. The fourth-order valence-corrected chi connectivity index (χ4v) is 2.23. The molecule has 0 aromatic rings. The predicted molar refractivity (Wildman–Crippen MR) is 83.6 cm³/mol. The Morgan fingerprint density at radius 2 is 1.16 bits per heavy atom. The minimum atomic E-state index is 0.771. The van der Waals surface area contributed by atoms with Gasteiger partial charge in [0.05, 0.1) is 6.61 Å². The SMILES string of the molecule is CCCCCCCCCCCCCON(N)CCC. The first kappa shape index (κ1) is 18.9. The van der Waals surface area contributed by atoms with Gasteiger partial charge in [-0.25, -0.2) is 5.84 Å². The minimum absolute atomic E-state index is 0.771. The lowest BCUT2D eigenvalue weighted by Gasteiger charge is -2.14. The van der Waals surface area contributed by atoms with Crippen LogP contribution in [-0.4, -0.2) is 18.3 Å². The Morgan fingerprint density at radius 3 is 1.63 bits per heavy atom. The highest BCUT2D eigenvalue weighted by molar-refractivity contribution is 4.47. The molecule has 3 heteroatoms. The number of hydrazine groups is 1. The van der Waals surface area contributed by atoms with Crippen LogP contribution in [0.15, 0.2) is 0 Å². The van der Waals surface area contributed by atoms with Crippen LogP contribution in [0.25, 0.3) is 0 Å². The van der Waals surface area contributed by atoms with E-state index in [0.717, 1.165) is 26.0 Å². The topological polar surface area (TPSA) is 38.5 Å². The van der Waals surface area contributed by atoms with Crippen molar-refractivity contribution in [2.75, 3.05) is 13.2 Å². The average Bonchev–Trinajstić information content (AvgIpc) is 2.40. The summed E-state index contributed by atoms with van der Waals surface area (Å²) >= 11 is 0. The third kappa shape index (κ3) is 15.8. The van der Waals surface area contributed by atoms with Gasteiger partial charge in [0.1, 0.15) is 0 Å². The molecule has 0 aromatic heterocycles. The van der Waals surface area contributed by atoms with Crippen molar-refractivity contribution in [2.24, 2.45) is 5.84 Å². The van der Waals surface area contributed by atoms with Gasteiger partial charge in [-0.15, -0.1) is 5.17 Å². The van der Waals surface area contributed by atoms with Crippen LogP contribution in [0.5, 0.6) is 0 Å². The highest BCUT2D eigenvalue weighted by atomic mass is 16.7. The van der Waals surface area contributed by atoms with E-state index in [4.69, 9.17) is 10.7 Å². The summed E-state index contributed by atoms with van der Waals surface area (Å²) in [4.78, 5) is 5.38. The highest BCUT2D eigenvalue weighted by Gasteiger charge is 1.97. The maximum Gasteiger partial charge on any atom is 0.0701 e. The van der Waals surface area contributed by atoms with Crippen LogP contribution in [0.3, 0.4) is 0 Å². The van der Waals surface area contributed by atoms with Crippen molar-refractivity contribution in [3.8, 4) is 0 Å². The number of nitrogens with two attached hydrogens (primary N) is 1. The maximum absolute atomic E-state index is 5.63. The van der Waals surface area contributed by atoms with Gasteiger partial charge in [0, 0.05) is 6.54 Å². The molecule has 0 saturated heterocycles. The third-order valence-electron chi connectivity index (χ3n) is 3.45. The molecule has 3 nitrogen and oxygen atoms in total. The van der Waals surface area contributed by atoms with Gasteiger partial charge in [-0.2, -0.15) is 0 Å². The van der Waals surface area contributed by atoms with E-state index in [2.05, 4.69) is 13.8 Å². The zero-order valence-corrected chi connectivity index (χ0v) is 13.3. The summed E-state index contributed by atoms with van der Waals surface area (Å²) < 4.78 is 0. The number of hydrogen-bond acceptors (Lipinski definition) is 3. The second-order valence-electron chi connectivity index (χ2n) is 5.51. The van der Waals surface area contributed by atoms with Gasteiger partial charge in [-0.05, 0) is 12.8 Å². The molecule has 0 saturated carbocycles. The Labute approximate surface area is 120 Å². The largest absolute Gasteiger partial charge is 0.284 e. The highest BCUT2D eigenvalue weighted by Crippen LogP contribution is 2.11. The molecule has 0 rings (SSSR count). The Morgan fingerprint density at radius 1 is 0.684 bits per heavy atom. The standard InChI is InChI=1S/C16H36N2O/c1-3-5-6-7-8-9-10-11-12-13-14-16-19-18(17)15-4-2/h3-17H2,1-2H3. The van der Waals surface area contributed by atoms with Gasteiger partial charge in [0.25, 0.3) is 0 Å². The molecular weight excluding hydrogens is 236 g/mol. The molecule has 0 aliphatic carbocycles. The maximum atomic E-state index is 5.63. The number of unbranched alkanes of at least 4 members (excludes halogenated alkanes) is 10. The second-order valence-corrected chi connectivity index (χ2v) is 5.51. The van der Waals surface area contributed by atoms with Crippen molar-refractivity contribution in [2.45, 2.75) is 90.9 Å². The molecule has 0 fully saturated rings. The van der Waals surface area contributed by atoms with Gasteiger partial charge in [-0.3, -0.25) is 4.84 Å². The van der Waals surface area contributed by atoms with E-state index in [9.17, 15) is 0 Å². The Kier molecular flexibility index (Phi) is 15.8. The van der Waals surface area contributed by atoms with E-state index in [1.165, 1.54) is 69.4 Å². The molecule has 0 aromatic carbocycles. The van der Waals surface area contributed by atoms with Crippen molar-refractivity contribution in [3.05, 3.63) is 0 Å².